The zero-order chi connectivity index (χ0) is 22.1. The fourth-order valence-electron chi connectivity index (χ4n) is 2.63. The highest BCUT2D eigenvalue weighted by molar-refractivity contribution is 5.45. The molecule has 2 heterocycles. The first kappa shape index (κ1) is 21.6. The third kappa shape index (κ3) is 4.72. The molecule has 7 nitrogen and oxygen atoms in total. The van der Waals surface area contributed by atoms with Crippen LogP contribution in [0.5, 0.6) is 5.75 Å². The van der Waals surface area contributed by atoms with Crippen molar-refractivity contribution in [2.24, 2.45) is 0 Å². The lowest BCUT2D eigenvalue weighted by atomic mass is 10.2. The Morgan fingerprint density at radius 2 is 1.73 bits per heavy atom. The van der Waals surface area contributed by atoms with E-state index in [0.29, 0.717) is 4.52 Å². The molecule has 0 amide bonds. The van der Waals surface area contributed by atoms with E-state index in [1.807, 2.05) is 0 Å². The average Bonchev–Trinajstić information content (AvgIpc) is 3.09. The number of aromatic nitrogens is 4. The van der Waals surface area contributed by atoms with E-state index in [4.69, 9.17) is 4.74 Å². The standard InChI is InChI=1S/C17H15F6N5O2/c1-27(14-7-6-13-24-25-15(17(21,22)23)28(13)26-14)8-10(29)9-30-12-5-3-2-4-11(12)16(18,19)20/h2-7,10,29H,8-9H2,1H3. The molecule has 30 heavy (non-hydrogen) atoms. The van der Waals surface area contributed by atoms with Crippen LogP contribution in [0.3, 0.4) is 0 Å². The SMILES string of the molecule is CN(CC(O)COc1ccccc1C(F)(F)F)c1ccc2nnc(C(F)(F)F)n2n1. The van der Waals surface area contributed by atoms with Crippen LogP contribution in [0.15, 0.2) is 36.4 Å². The van der Waals surface area contributed by atoms with E-state index in [-0.39, 0.29) is 18.0 Å². The number of aliphatic hydroxyl groups excluding tert-OH is 1. The van der Waals surface area contributed by atoms with Gasteiger partial charge in [0.1, 0.15) is 24.3 Å². The van der Waals surface area contributed by atoms with Crippen LogP contribution in [0, 0.1) is 0 Å². The number of rotatable bonds is 6. The molecule has 13 heteroatoms. The highest BCUT2D eigenvalue weighted by atomic mass is 19.4. The van der Waals surface area contributed by atoms with Crippen LogP contribution in [0.1, 0.15) is 11.4 Å². The van der Waals surface area contributed by atoms with E-state index in [1.165, 1.54) is 36.2 Å². The molecule has 0 aliphatic heterocycles. The van der Waals surface area contributed by atoms with Gasteiger partial charge in [-0.05, 0) is 24.3 Å². The zero-order valence-corrected chi connectivity index (χ0v) is 15.3. The number of halogens is 6. The van der Waals surface area contributed by atoms with Crippen molar-refractivity contribution in [3.63, 3.8) is 0 Å². The van der Waals surface area contributed by atoms with Gasteiger partial charge in [0.2, 0.25) is 0 Å². The largest absolute Gasteiger partial charge is 0.490 e. The highest BCUT2D eigenvalue weighted by Crippen LogP contribution is 2.36. The Morgan fingerprint density at radius 1 is 1.03 bits per heavy atom. The lowest BCUT2D eigenvalue weighted by molar-refractivity contribution is -0.146. The molecule has 1 atom stereocenters. The van der Waals surface area contributed by atoms with E-state index in [9.17, 15) is 31.4 Å². The first-order valence-electron chi connectivity index (χ1n) is 8.44. The quantitative estimate of drug-likeness (QED) is 0.600. The van der Waals surface area contributed by atoms with Crippen molar-refractivity contribution in [3.05, 3.63) is 47.8 Å². The van der Waals surface area contributed by atoms with Crippen LogP contribution in [0.25, 0.3) is 5.65 Å². The number of hydrogen-bond donors (Lipinski definition) is 1. The maximum atomic E-state index is 13.0. The number of nitrogens with zero attached hydrogens (tertiary/aromatic N) is 5. The Hall–Kier alpha value is -3.09. The lowest BCUT2D eigenvalue weighted by Gasteiger charge is -2.22. The number of aliphatic hydroxyl groups is 1. The van der Waals surface area contributed by atoms with Crippen LogP contribution >= 0.6 is 0 Å². The van der Waals surface area contributed by atoms with E-state index in [0.717, 1.165) is 12.1 Å². The number of anilines is 1. The minimum absolute atomic E-state index is 0.0579. The van der Waals surface area contributed by atoms with Gasteiger partial charge in [0.15, 0.2) is 5.65 Å². The number of benzene rings is 1. The molecule has 3 aromatic rings. The molecule has 0 aliphatic carbocycles. The van der Waals surface area contributed by atoms with Crippen molar-refractivity contribution in [2.45, 2.75) is 18.5 Å². The number of likely N-dealkylation sites (N-methyl/N-ethyl adjacent to an activating group) is 1. The van der Waals surface area contributed by atoms with Crippen LogP contribution in [-0.4, -0.2) is 51.2 Å². The molecule has 1 N–H and O–H groups in total. The van der Waals surface area contributed by atoms with Gasteiger partial charge < -0.3 is 14.7 Å². The second-order valence-electron chi connectivity index (χ2n) is 6.32. The number of fused-ring (bicyclic) bond motifs is 1. The molecule has 162 valence electrons. The predicted octanol–water partition coefficient (Wildman–Crippen LogP) is 3.04. The minimum atomic E-state index is -4.76. The van der Waals surface area contributed by atoms with Gasteiger partial charge in [-0.15, -0.1) is 15.3 Å². The van der Waals surface area contributed by atoms with Crippen LogP contribution in [0.2, 0.25) is 0 Å². The summed E-state index contributed by atoms with van der Waals surface area (Å²) in [5, 5.41) is 20.4. The number of para-hydroxylation sites is 1. The van der Waals surface area contributed by atoms with Gasteiger partial charge >= 0.3 is 12.4 Å². The third-order valence-corrected chi connectivity index (χ3v) is 4.00. The molecule has 0 bridgehead atoms. The topological polar surface area (TPSA) is 75.8 Å². The lowest BCUT2D eigenvalue weighted by Crippen LogP contribution is -2.34. The second-order valence-corrected chi connectivity index (χ2v) is 6.32. The van der Waals surface area contributed by atoms with E-state index < -0.39 is 42.2 Å². The van der Waals surface area contributed by atoms with Gasteiger partial charge in [0, 0.05) is 13.6 Å². The summed E-state index contributed by atoms with van der Waals surface area (Å²) >= 11 is 0. The third-order valence-electron chi connectivity index (χ3n) is 4.00. The molecule has 0 fully saturated rings. The van der Waals surface area contributed by atoms with Gasteiger partial charge in [-0.3, -0.25) is 0 Å². The second kappa shape index (κ2) is 7.97. The molecular formula is C17H15F6N5O2. The minimum Gasteiger partial charge on any atom is -0.490 e. The predicted molar refractivity (Wildman–Crippen MR) is 92.0 cm³/mol. The van der Waals surface area contributed by atoms with Crippen molar-refractivity contribution in [1.82, 2.24) is 19.8 Å². The summed E-state index contributed by atoms with van der Waals surface area (Å²) in [5.74, 6) is -1.69. The highest BCUT2D eigenvalue weighted by Gasteiger charge is 2.38. The Balaban J connectivity index is 1.69. The van der Waals surface area contributed by atoms with Crippen LogP contribution < -0.4 is 9.64 Å². The average molecular weight is 435 g/mol. The normalized spacial score (nSPS) is 13.5. The fourth-order valence-corrected chi connectivity index (χ4v) is 2.63. The Labute approximate surface area is 165 Å². The summed E-state index contributed by atoms with van der Waals surface area (Å²) in [6.45, 7) is -0.643. The van der Waals surface area contributed by atoms with Gasteiger partial charge in [-0.25, -0.2) is 0 Å². The van der Waals surface area contributed by atoms with Gasteiger partial charge in [-0.2, -0.15) is 30.9 Å². The van der Waals surface area contributed by atoms with Crippen LogP contribution in [0.4, 0.5) is 32.2 Å². The first-order valence-corrected chi connectivity index (χ1v) is 8.44. The van der Waals surface area contributed by atoms with Crippen LogP contribution in [-0.2, 0) is 12.4 Å². The van der Waals surface area contributed by atoms with E-state index in [1.54, 1.807) is 0 Å². The van der Waals surface area contributed by atoms with Crippen molar-refractivity contribution < 1.29 is 36.2 Å². The molecule has 0 saturated heterocycles. The number of hydrogen-bond acceptors (Lipinski definition) is 6. The smallest absolute Gasteiger partial charge is 0.453 e. The Morgan fingerprint density at radius 3 is 2.40 bits per heavy atom. The summed E-state index contributed by atoms with van der Waals surface area (Å²) < 4.78 is 83.4. The molecule has 0 aliphatic rings. The molecule has 2 aromatic heterocycles. The first-order chi connectivity index (χ1) is 14.0. The van der Waals surface area contributed by atoms with E-state index in [2.05, 4.69) is 15.3 Å². The summed E-state index contributed by atoms with van der Waals surface area (Å²) in [4.78, 5) is 1.32. The van der Waals surface area contributed by atoms with Gasteiger partial charge in [0.05, 0.1) is 5.56 Å². The van der Waals surface area contributed by atoms with Crippen molar-refractivity contribution in [2.75, 3.05) is 25.1 Å². The maximum absolute atomic E-state index is 13.0. The molecule has 0 saturated carbocycles. The number of alkyl halides is 6. The summed E-state index contributed by atoms with van der Waals surface area (Å²) in [6, 6.07) is 7.19. The summed E-state index contributed by atoms with van der Waals surface area (Å²) in [6.07, 6.45) is -10.6. The summed E-state index contributed by atoms with van der Waals surface area (Å²) in [7, 11) is 1.44. The molecule has 0 spiro atoms. The monoisotopic (exact) mass is 435 g/mol. The molecule has 1 aromatic carbocycles. The zero-order valence-electron chi connectivity index (χ0n) is 15.3. The molecule has 0 radical (unpaired) electrons. The van der Waals surface area contributed by atoms with Gasteiger partial charge in [0.25, 0.3) is 5.82 Å². The fraction of sp³-hybridized carbons (Fsp3) is 0.353. The number of ether oxygens (including phenoxy) is 1. The Kier molecular flexibility index (Phi) is 5.74. The van der Waals surface area contributed by atoms with Crippen molar-refractivity contribution in [3.8, 4) is 5.75 Å². The molecule has 3 rings (SSSR count). The molecule has 1 unspecified atom stereocenters. The van der Waals surface area contributed by atoms with Gasteiger partial charge in [-0.1, -0.05) is 12.1 Å². The molecular weight excluding hydrogens is 420 g/mol. The van der Waals surface area contributed by atoms with E-state index >= 15 is 0 Å². The van der Waals surface area contributed by atoms with Crippen molar-refractivity contribution >= 4 is 11.5 Å². The Bertz CT molecular complexity index is 1020. The maximum Gasteiger partial charge on any atom is 0.453 e. The van der Waals surface area contributed by atoms with Crippen molar-refractivity contribution in [1.29, 1.82) is 0 Å². The summed E-state index contributed by atoms with van der Waals surface area (Å²) in [5.41, 5.74) is -1.10.